The van der Waals surface area contributed by atoms with E-state index in [1.807, 2.05) is 31.2 Å². The summed E-state index contributed by atoms with van der Waals surface area (Å²) in [6, 6.07) is 10.1. The first kappa shape index (κ1) is 10.8. The summed E-state index contributed by atoms with van der Waals surface area (Å²) < 4.78 is 0. The van der Waals surface area contributed by atoms with Crippen LogP contribution < -0.4 is 5.73 Å². The molecule has 2 aromatic rings. The molecule has 2 N–H and O–H groups in total. The topological polar surface area (TPSA) is 62.7 Å². The Balaban J connectivity index is 2.60. The molecule has 1 heterocycles. The Morgan fingerprint density at radius 2 is 2.19 bits per heavy atom. The van der Waals surface area contributed by atoms with Gasteiger partial charge >= 0.3 is 0 Å². The molecule has 2 rings (SSSR count). The third-order valence-electron chi connectivity index (χ3n) is 2.34. The molecule has 0 atom stereocenters. The summed E-state index contributed by atoms with van der Waals surface area (Å²) in [5, 5.41) is 9.83. The normalized spacial score (nSPS) is 10.1. The molecule has 0 spiro atoms. The zero-order valence-electron chi connectivity index (χ0n) is 8.90. The smallest absolute Gasteiger partial charge is 0.159 e. The summed E-state index contributed by atoms with van der Waals surface area (Å²) in [4.78, 5) is 5.11. The number of nitrogens with two attached hydrogens (primary N) is 1. The van der Waals surface area contributed by atoms with E-state index in [0.717, 1.165) is 21.0 Å². The predicted octanol–water partition coefficient (Wildman–Crippen LogP) is 2.45. The Kier molecular flexibility index (Phi) is 3.00. The number of hydrogen-bond acceptors (Lipinski definition) is 4. The molecule has 16 heavy (non-hydrogen) atoms. The van der Waals surface area contributed by atoms with Crippen molar-refractivity contribution in [1.82, 2.24) is 4.98 Å². The number of nitrogens with zero attached hydrogens (tertiary/aromatic N) is 2. The molecule has 0 bridgehead atoms. The van der Waals surface area contributed by atoms with Crippen LogP contribution in [0.5, 0.6) is 0 Å². The van der Waals surface area contributed by atoms with Gasteiger partial charge in [-0.15, -0.1) is 11.3 Å². The fourth-order valence-electron chi connectivity index (χ4n) is 1.54. The van der Waals surface area contributed by atoms with Crippen LogP contribution in [-0.2, 0) is 6.54 Å². The molecule has 0 aliphatic rings. The van der Waals surface area contributed by atoms with Crippen molar-refractivity contribution >= 4 is 11.3 Å². The fraction of sp³-hybridized carbons (Fsp3) is 0.167. The van der Waals surface area contributed by atoms with E-state index in [-0.39, 0.29) is 0 Å². The van der Waals surface area contributed by atoms with Gasteiger partial charge in [-0.25, -0.2) is 4.98 Å². The van der Waals surface area contributed by atoms with Gasteiger partial charge in [-0.3, -0.25) is 0 Å². The number of aryl methyl sites for hydroxylation is 1. The fourth-order valence-corrected chi connectivity index (χ4v) is 2.52. The Morgan fingerprint density at radius 1 is 1.44 bits per heavy atom. The van der Waals surface area contributed by atoms with Crippen molar-refractivity contribution in [2.24, 2.45) is 5.73 Å². The Morgan fingerprint density at radius 3 is 2.81 bits per heavy atom. The quantitative estimate of drug-likeness (QED) is 0.860. The van der Waals surface area contributed by atoms with Gasteiger partial charge in [0.25, 0.3) is 0 Å². The molecule has 0 saturated heterocycles. The van der Waals surface area contributed by atoms with Crippen LogP contribution in [-0.4, -0.2) is 4.98 Å². The maximum atomic E-state index is 9.03. The van der Waals surface area contributed by atoms with Gasteiger partial charge in [0.15, 0.2) is 5.69 Å². The van der Waals surface area contributed by atoms with Crippen molar-refractivity contribution in [1.29, 1.82) is 5.26 Å². The number of thiazole rings is 1. The van der Waals surface area contributed by atoms with Gasteiger partial charge < -0.3 is 5.73 Å². The number of nitriles is 1. The molecule has 80 valence electrons. The lowest BCUT2D eigenvalue weighted by atomic mass is 10.1. The Bertz CT molecular complexity index is 552. The van der Waals surface area contributed by atoms with Crippen LogP contribution in [0.25, 0.3) is 10.4 Å². The minimum Gasteiger partial charge on any atom is -0.325 e. The number of aromatic nitrogens is 1. The van der Waals surface area contributed by atoms with Gasteiger partial charge in [-0.2, -0.15) is 5.26 Å². The van der Waals surface area contributed by atoms with Gasteiger partial charge in [0.1, 0.15) is 11.1 Å². The molecule has 0 unspecified atom stereocenters. The highest BCUT2D eigenvalue weighted by Gasteiger charge is 2.13. The maximum Gasteiger partial charge on any atom is 0.159 e. The maximum absolute atomic E-state index is 9.03. The van der Waals surface area contributed by atoms with Crippen LogP contribution in [0.3, 0.4) is 0 Å². The minimum absolute atomic E-state index is 0.380. The van der Waals surface area contributed by atoms with Crippen LogP contribution in [0.4, 0.5) is 0 Å². The lowest BCUT2D eigenvalue weighted by Crippen LogP contribution is -1.94. The second-order valence-corrected chi connectivity index (χ2v) is 4.50. The molecule has 1 aromatic carbocycles. The van der Waals surface area contributed by atoms with E-state index in [1.165, 1.54) is 11.3 Å². The van der Waals surface area contributed by atoms with E-state index in [9.17, 15) is 0 Å². The third-order valence-corrected chi connectivity index (χ3v) is 3.45. The van der Waals surface area contributed by atoms with Gasteiger partial charge in [0, 0.05) is 6.54 Å². The molecule has 0 aliphatic carbocycles. The van der Waals surface area contributed by atoms with Gasteiger partial charge in [0.05, 0.1) is 4.88 Å². The van der Waals surface area contributed by atoms with Crippen LogP contribution in [0.1, 0.15) is 16.3 Å². The summed E-state index contributed by atoms with van der Waals surface area (Å²) in [6.07, 6.45) is 0. The number of benzene rings is 1. The zero-order valence-corrected chi connectivity index (χ0v) is 9.71. The number of hydrogen-bond donors (Lipinski definition) is 1. The second kappa shape index (κ2) is 4.44. The molecular formula is C12H11N3S. The summed E-state index contributed by atoms with van der Waals surface area (Å²) >= 11 is 1.49. The van der Waals surface area contributed by atoms with Crippen molar-refractivity contribution in [2.45, 2.75) is 13.5 Å². The largest absolute Gasteiger partial charge is 0.325 e. The van der Waals surface area contributed by atoms with Crippen molar-refractivity contribution in [3.05, 3.63) is 40.5 Å². The minimum atomic E-state index is 0.380. The van der Waals surface area contributed by atoms with E-state index >= 15 is 0 Å². The van der Waals surface area contributed by atoms with E-state index in [1.54, 1.807) is 0 Å². The molecule has 0 fully saturated rings. The highest BCUT2D eigenvalue weighted by atomic mass is 32.1. The van der Waals surface area contributed by atoms with Crippen LogP contribution >= 0.6 is 11.3 Å². The average Bonchev–Trinajstić information content (AvgIpc) is 2.72. The molecule has 0 amide bonds. The molecule has 0 saturated carbocycles. The van der Waals surface area contributed by atoms with Crippen molar-refractivity contribution < 1.29 is 0 Å². The highest BCUT2D eigenvalue weighted by molar-refractivity contribution is 7.15. The van der Waals surface area contributed by atoms with Crippen LogP contribution in [0, 0.1) is 18.3 Å². The van der Waals surface area contributed by atoms with E-state index < -0.39 is 0 Å². The second-order valence-electron chi connectivity index (χ2n) is 3.42. The van der Waals surface area contributed by atoms with Gasteiger partial charge in [-0.05, 0) is 18.1 Å². The zero-order chi connectivity index (χ0) is 11.5. The Labute approximate surface area is 98.2 Å². The van der Waals surface area contributed by atoms with Gasteiger partial charge in [0.2, 0.25) is 0 Å². The molecule has 1 aromatic heterocycles. The Hall–Kier alpha value is -1.70. The molecular weight excluding hydrogens is 218 g/mol. The average molecular weight is 229 g/mol. The highest BCUT2D eigenvalue weighted by Crippen LogP contribution is 2.31. The predicted molar refractivity (Wildman–Crippen MR) is 64.9 cm³/mol. The monoisotopic (exact) mass is 229 g/mol. The lowest BCUT2D eigenvalue weighted by molar-refractivity contribution is 1.03. The van der Waals surface area contributed by atoms with E-state index in [2.05, 4.69) is 11.1 Å². The van der Waals surface area contributed by atoms with Crippen molar-refractivity contribution in [3.8, 4) is 16.5 Å². The molecule has 0 radical (unpaired) electrons. The van der Waals surface area contributed by atoms with Gasteiger partial charge in [-0.1, -0.05) is 24.3 Å². The van der Waals surface area contributed by atoms with E-state index in [4.69, 9.17) is 11.0 Å². The summed E-state index contributed by atoms with van der Waals surface area (Å²) in [7, 11) is 0. The standard InChI is InChI=1S/C12H11N3S/c1-8-4-2-3-5-9(8)12-10(6-13)15-11(7-14)16-12/h2-5H,7,14H2,1H3. The summed E-state index contributed by atoms with van der Waals surface area (Å²) in [5.74, 6) is 0. The molecule has 3 nitrogen and oxygen atoms in total. The van der Waals surface area contributed by atoms with Crippen molar-refractivity contribution in [3.63, 3.8) is 0 Å². The molecule has 0 aliphatic heterocycles. The first-order valence-corrected chi connectivity index (χ1v) is 5.73. The van der Waals surface area contributed by atoms with Crippen molar-refractivity contribution in [2.75, 3.05) is 0 Å². The third kappa shape index (κ3) is 1.83. The first-order chi connectivity index (χ1) is 7.76. The van der Waals surface area contributed by atoms with E-state index in [0.29, 0.717) is 12.2 Å². The first-order valence-electron chi connectivity index (χ1n) is 4.92. The SMILES string of the molecule is Cc1ccccc1-c1sc(CN)nc1C#N. The van der Waals surface area contributed by atoms with Crippen LogP contribution in [0.15, 0.2) is 24.3 Å². The van der Waals surface area contributed by atoms with Crippen LogP contribution in [0.2, 0.25) is 0 Å². The lowest BCUT2D eigenvalue weighted by Gasteiger charge is -2.01. The molecule has 4 heteroatoms. The summed E-state index contributed by atoms with van der Waals surface area (Å²) in [6.45, 7) is 2.41. The number of rotatable bonds is 2. The summed E-state index contributed by atoms with van der Waals surface area (Å²) in [5.41, 5.74) is 8.22.